The number of unbranched alkanes of at least 4 members (excludes halogenated alkanes) is 1. The first kappa shape index (κ1) is 20.1. The molecule has 0 radical (unpaired) electrons. The van der Waals surface area contributed by atoms with Crippen LogP contribution in [0.4, 0.5) is 11.4 Å². The van der Waals surface area contributed by atoms with E-state index in [4.69, 9.17) is 14.0 Å². The van der Waals surface area contributed by atoms with Crippen LogP contribution in [0, 0.1) is 10.1 Å². The van der Waals surface area contributed by atoms with Crippen molar-refractivity contribution < 1.29 is 18.9 Å². The summed E-state index contributed by atoms with van der Waals surface area (Å²) in [7, 11) is 3.09. The van der Waals surface area contributed by atoms with Crippen LogP contribution in [-0.2, 0) is 0 Å². The Morgan fingerprint density at radius 1 is 1.10 bits per heavy atom. The summed E-state index contributed by atoms with van der Waals surface area (Å²) in [5.41, 5.74) is 1.57. The second-order valence-corrected chi connectivity index (χ2v) is 6.26. The fourth-order valence-corrected chi connectivity index (χ4v) is 2.80. The Labute approximate surface area is 167 Å². The highest BCUT2D eigenvalue weighted by Gasteiger charge is 2.19. The maximum atomic E-state index is 11.5. The van der Waals surface area contributed by atoms with E-state index in [-0.39, 0.29) is 11.6 Å². The zero-order valence-electron chi connectivity index (χ0n) is 16.5. The van der Waals surface area contributed by atoms with Crippen molar-refractivity contribution in [2.45, 2.75) is 19.8 Å². The molecular weight excluding hydrogens is 376 g/mol. The van der Waals surface area contributed by atoms with Gasteiger partial charge < -0.3 is 19.3 Å². The lowest BCUT2D eigenvalue weighted by Crippen LogP contribution is -2.04. The van der Waals surface area contributed by atoms with Gasteiger partial charge >= 0.3 is 0 Å². The third kappa shape index (κ3) is 4.45. The lowest BCUT2D eigenvalue weighted by molar-refractivity contribution is -0.383. The number of methoxy groups -OCH3 is 2. The van der Waals surface area contributed by atoms with Gasteiger partial charge in [0.25, 0.3) is 11.6 Å². The second-order valence-electron chi connectivity index (χ2n) is 6.26. The van der Waals surface area contributed by atoms with Crippen LogP contribution in [0.2, 0.25) is 0 Å². The van der Waals surface area contributed by atoms with E-state index >= 15 is 0 Å². The van der Waals surface area contributed by atoms with E-state index in [9.17, 15) is 10.1 Å². The van der Waals surface area contributed by atoms with Crippen LogP contribution in [0.15, 0.2) is 40.9 Å². The first-order chi connectivity index (χ1) is 14.1. The van der Waals surface area contributed by atoms with Gasteiger partial charge in [-0.3, -0.25) is 10.1 Å². The molecule has 9 heteroatoms. The highest BCUT2D eigenvalue weighted by Crippen LogP contribution is 2.33. The number of nitro benzene ring substituents is 1. The molecule has 152 valence electrons. The number of hydrogen-bond acceptors (Lipinski definition) is 8. The molecule has 3 rings (SSSR count). The summed E-state index contributed by atoms with van der Waals surface area (Å²) in [4.78, 5) is 15.4. The zero-order valence-corrected chi connectivity index (χ0v) is 16.5. The predicted molar refractivity (Wildman–Crippen MR) is 108 cm³/mol. The Morgan fingerprint density at radius 3 is 2.55 bits per heavy atom. The minimum absolute atomic E-state index is 0.0375. The van der Waals surface area contributed by atoms with Crippen LogP contribution in [0.25, 0.3) is 22.8 Å². The van der Waals surface area contributed by atoms with Gasteiger partial charge in [-0.15, -0.1) is 0 Å². The Kier molecular flexibility index (Phi) is 6.28. The van der Waals surface area contributed by atoms with E-state index in [0.29, 0.717) is 40.7 Å². The van der Waals surface area contributed by atoms with Crippen molar-refractivity contribution in [1.29, 1.82) is 0 Å². The van der Waals surface area contributed by atoms with Crippen LogP contribution in [0.3, 0.4) is 0 Å². The van der Waals surface area contributed by atoms with Gasteiger partial charge in [-0.1, -0.05) is 18.5 Å². The number of anilines is 1. The fourth-order valence-electron chi connectivity index (χ4n) is 2.80. The van der Waals surface area contributed by atoms with Gasteiger partial charge in [0.2, 0.25) is 5.82 Å². The number of nitrogens with one attached hydrogen (secondary N) is 1. The van der Waals surface area contributed by atoms with Crippen LogP contribution >= 0.6 is 0 Å². The molecule has 0 bridgehead atoms. The van der Waals surface area contributed by atoms with E-state index in [1.807, 2.05) is 0 Å². The lowest BCUT2D eigenvalue weighted by Gasteiger charge is -2.07. The molecule has 0 saturated heterocycles. The summed E-state index contributed by atoms with van der Waals surface area (Å²) in [6, 6.07) is 10.1. The topological polar surface area (TPSA) is 113 Å². The largest absolute Gasteiger partial charge is 0.493 e. The summed E-state index contributed by atoms with van der Waals surface area (Å²) in [6.07, 6.45) is 1.93. The molecule has 3 aromatic rings. The molecule has 0 aliphatic rings. The zero-order chi connectivity index (χ0) is 20.8. The predicted octanol–water partition coefficient (Wildman–Crippen LogP) is 4.54. The molecule has 2 aromatic carbocycles. The summed E-state index contributed by atoms with van der Waals surface area (Å²) in [5.74, 6) is 1.66. The molecule has 9 nitrogen and oxygen atoms in total. The van der Waals surface area contributed by atoms with Gasteiger partial charge in [0, 0.05) is 23.7 Å². The summed E-state index contributed by atoms with van der Waals surface area (Å²) in [5, 5.41) is 18.5. The van der Waals surface area contributed by atoms with Crippen LogP contribution < -0.4 is 14.8 Å². The Morgan fingerprint density at radius 2 is 1.86 bits per heavy atom. The lowest BCUT2D eigenvalue weighted by atomic mass is 10.1. The van der Waals surface area contributed by atoms with Gasteiger partial charge in [0.15, 0.2) is 11.5 Å². The van der Waals surface area contributed by atoms with Gasteiger partial charge in [0.05, 0.1) is 19.1 Å². The van der Waals surface area contributed by atoms with E-state index < -0.39 is 4.92 Å². The molecule has 0 atom stereocenters. The average molecular weight is 398 g/mol. The molecule has 1 N–H and O–H groups in total. The smallest absolute Gasteiger partial charge is 0.293 e. The van der Waals surface area contributed by atoms with Crippen molar-refractivity contribution in [3.8, 4) is 34.3 Å². The molecule has 0 amide bonds. The van der Waals surface area contributed by atoms with E-state index in [1.165, 1.54) is 6.07 Å². The number of hydrogen-bond donors (Lipinski definition) is 1. The monoisotopic (exact) mass is 398 g/mol. The van der Waals surface area contributed by atoms with Gasteiger partial charge in [-0.05, 0) is 36.8 Å². The van der Waals surface area contributed by atoms with Crippen molar-refractivity contribution in [3.05, 3.63) is 46.5 Å². The van der Waals surface area contributed by atoms with Crippen molar-refractivity contribution in [2.75, 3.05) is 26.1 Å². The molecule has 1 heterocycles. The number of benzene rings is 2. The molecule has 0 unspecified atom stereocenters. The third-order valence-electron chi connectivity index (χ3n) is 4.35. The van der Waals surface area contributed by atoms with E-state index in [0.717, 1.165) is 12.8 Å². The van der Waals surface area contributed by atoms with Crippen molar-refractivity contribution in [1.82, 2.24) is 10.1 Å². The van der Waals surface area contributed by atoms with E-state index in [2.05, 4.69) is 22.4 Å². The first-order valence-electron chi connectivity index (χ1n) is 9.16. The van der Waals surface area contributed by atoms with Crippen molar-refractivity contribution in [2.24, 2.45) is 0 Å². The molecule has 1 aromatic heterocycles. The first-order valence-corrected chi connectivity index (χ1v) is 9.16. The van der Waals surface area contributed by atoms with Gasteiger partial charge in [-0.25, -0.2) is 0 Å². The highest BCUT2D eigenvalue weighted by atomic mass is 16.6. The standard InChI is InChI=1S/C20H22N4O5/c1-4-5-10-21-15-8-6-14(11-16(15)24(25)26)20-22-19(23-29-20)13-7-9-17(27-2)18(12-13)28-3/h6-9,11-12,21H,4-5,10H2,1-3H3. The molecular formula is C20H22N4O5. The average Bonchev–Trinajstić information content (AvgIpc) is 3.23. The Balaban J connectivity index is 1.90. The summed E-state index contributed by atoms with van der Waals surface area (Å²) >= 11 is 0. The van der Waals surface area contributed by atoms with E-state index in [1.54, 1.807) is 44.6 Å². The summed E-state index contributed by atoms with van der Waals surface area (Å²) < 4.78 is 15.8. The molecule has 0 aliphatic carbocycles. The minimum atomic E-state index is -0.427. The minimum Gasteiger partial charge on any atom is -0.493 e. The molecule has 0 spiro atoms. The number of nitrogens with zero attached hydrogens (tertiary/aromatic N) is 3. The Hall–Kier alpha value is -3.62. The maximum absolute atomic E-state index is 11.5. The number of rotatable bonds is 9. The summed E-state index contributed by atoms with van der Waals surface area (Å²) in [6.45, 7) is 2.73. The SMILES string of the molecule is CCCCNc1ccc(-c2nc(-c3ccc(OC)c(OC)c3)no2)cc1[N+](=O)[O-]. The number of aromatic nitrogens is 2. The molecule has 0 fully saturated rings. The van der Waals surface area contributed by atoms with Crippen molar-refractivity contribution >= 4 is 11.4 Å². The molecule has 29 heavy (non-hydrogen) atoms. The Bertz CT molecular complexity index is 1000. The van der Waals surface area contributed by atoms with Crippen LogP contribution in [0.1, 0.15) is 19.8 Å². The van der Waals surface area contributed by atoms with Crippen molar-refractivity contribution in [3.63, 3.8) is 0 Å². The highest BCUT2D eigenvalue weighted by molar-refractivity contribution is 5.71. The fraction of sp³-hybridized carbons (Fsp3) is 0.300. The van der Waals surface area contributed by atoms with Gasteiger partial charge in [0.1, 0.15) is 5.69 Å². The number of nitro groups is 1. The second kappa shape index (κ2) is 9.05. The third-order valence-corrected chi connectivity index (χ3v) is 4.35. The van der Waals surface area contributed by atoms with Crippen LogP contribution in [0.5, 0.6) is 11.5 Å². The normalized spacial score (nSPS) is 10.6. The molecule has 0 saturated carbocycles. The maximum Gasteiger partial charge on any atom is 0.293 e. The quantitative estimate of drug-likeness (QED) is 0.317. The van der Waals surface area contributed by atoms with Gasteiger partial charge in [-0.2, -0.15) is 4.98 Å². The number of ether oxygens (including phenoxy) is 2. The van der Waals surface area contributed by atoms with Crippen LogP contribution in [-0.4, -0.2) is 35.8 Å². The molecule has 0 aliphatic heterocycles.